The monoisotopic (exact) mass is 339 g/mol. The van der Waals surface area contributed by atoms with E-state index in [0.29, 0.717) is 22.8 Å². The van der Waals surface area contributed by atoms with Crippen LogP contribution in [0.25, 0.3) is 0 Å². The maximum atomic E-state index is 12.1. The smallest absolute Gasteiger partial charge is 0.225 e. The molecular formula is C19H21N3OS. The molecule has 124 valence electrons. The third-order valence-electron chi connectivity index (χ3n) is 3.65. The van der Waals surface area contributed by atoms with E-state index in [1.807, 2.05) is 52.0 Å². The van der Waals surface area contributed by atoms with Crippen molar-refractivity contribution in [3.63, 3.8) is 0 Å². The molecule has 1 heterocycles. The summed E-state index contributed by atoms with van der Waals surface area (Å²) in [7, 11) is 0. The summed E-state index contributed by atoms with van der Waals surface area (Å²) in [5, 5.41) is 12.9. The van der Waals surface area contributed by atoms with Gasteiger partial charge in [0.1, 0.15) is 11.1 Å². The van der Waals surface area contributed by atoms with E-state index in [0.717, 1.165) is 22.5 Å². The Morgan fingerprint density at radius 3 is 2.62 bits per heavy atom. The number of hydrogen-bond donors (Lipinski definition) is 1. The zero-order valence-corrected chi connectivity index (χ0v) is 15.3. The molecule has 0 aliphatic rings. The van der Waals surface area contributed by atoms with Gasteiger partial charge in [-0.25, -0.2) is 4.98 Å². The number of nitrogens with one attached hydrogen (secondary N) is 1. The first-order chi connectivity index (χ1) is 11.4. The first kappa shape index (κ1) is 18.0. The van der Waals surface area contributed by atoms with Gasteiger partial charge in [0.2, 0.25) is 5.91 Å². The molecule has 0 saturated carbocycles. The number of hydrogen-bond acceptors (Lipinski definition) is 4. The fraction of sp³-hybridized carbons (Fsp3) is 0.316. The van der Waals surface area contributed by atoms with Crippen molar-refractivity contribution in [3.8, 4) is 6.07 Å². The van der Waals surface area contributed by atoms with Crippen molar-refractivity contribution < 1.29 is 4.79 Å². The standard InChI is InChI=1S/C19H21N3OS/c1-12-5-6-17(14(3)9-12)22-18(23)7-8-24-19-16(11-20)13(2)10-15(4)21-19/h5-6,9-10H,7-8H2,1-4H3,(H,22,23). The number of carbonyl (C=O) groups excluding carboxylic acids is 1. The molecule has 0 unspecified atom stereocenters. The van der Waals surface area contributed by atoms with Gasteiger partial charge in [-0.05, 0) is 51.0 Å². The molecule has 24 heavy (non-hydrogen) atoms. The predicted molar refractivity (Wildman–Crippen MR) is 98.3 cm³/mol. The second kappa shape index (κ2) is 7.98. The number of rotatable bonds is 5. The number of benzene rings is 1. The number of nitrogens with zero attached hydrogens (tertiary/aromatic N) is 2. The van der Waals surface area contributed by atoms with Gasteiger partial charge in [0.25, 0.3) is 0 Å². The molecule has 0 fully saturated rings. The number of aryl methyl sites for hydroxylation is 4. The van der Waals surface area contributed by atoms with E-state index < -0.39 is 0 Å². The molecule has 4 nitrogen and oxygen atoms in total. The van der Waals surface area contributed by atoms with Crippen molar-refractivity contribution in [2.45, 2.75) is 39.1 Å². The van der Waals surface area contributed by atoms with Gasteiger partial charge in [-0.2, -0.15) is 5.26 Å². The van der Waals surface area contributed by atoms with E-state index in [-0.39, 0.29) is 5.91 Å². The van der Waals surface area contributed by atoms with Crippen molar-refractivity contribution in [2.24, 2.45) is 0 Å². The summed E-state index contributed by atoms with van der Waals surface area (Å²) in [4.78, 5) is 16.5. The predicted octanol–water partition coefficient (Wildman–Crippen LogP) is 4.31. The third-order valence-corrected chi connectivity index (χ3v) is 4.62. The summed E-state index contributed by atoms with van der Waals surface area (Å²) in [6.45, 7) is 7.82. The van der Waals surface area contributed by atoms with Gasteiger partial charge in [-0.3, -0.25) is 4.79 Å². The fourth-order valence-corrected chi connectivity index (χ4v) is 3.49. The Morgan fingerprint density at radius 1 is 1.21 bits per heavy atom. The van der Waals surface area contributed by atoms with Crippen molar-refractivity contribution in [1.82, 2.24) is 4.98 Å². The molecule has 2 aromatic rings. The SMILES string of the molecule is Cc1ccc(NC(=O)CCSc2nc(C)cc(C)c2C#N)c(C)c1. The summed E-state index contributed by atoms with van der Waals surface area (Å²) < 4.78 is 0. The lowest BCUT2D eigenvalue weighted by Gasteiger charge is -2.10. The fourth-order valence-electron chi connectivity index (χ4n) is 2.45. The van der Waals surface area contributed by atoms with Crippen LogP contribution in [0.15, 0.2) is 29.3 Å². The normalized spacial score (nSPS) is 10.3. The van der Waals surface area contributed by atoms with Gasteiger partial charge < -0.3 is 5.32 Å². The highest BCUT2D eigenvalue weighted by Crippen LogP contribution is 2.24. The van der Waals surface area contributed by atoms with E-state index in [9.17, 15) is 10.1 Å². The Labute approximate surface area is 147 Å². The summed E-state index contributed by atoms with van der Waals surface area (Å²) in [6.07, 6.45) is 0.373. The van der Waals surface area contributed by atoms with E-state index in [4.69, 9.17) is 0 Å². The van der Waals surface area contributed by atoms with E-state index in [1.54, 1.807) is 0 Å². The van der Waals surface area contributed by atoms with Crippen LogP contribution in [0.3, 0.4) is 0 Å². The van der Waals surface area contributed by atoms with E-state index in [1.165, 1.54) is 17.3 Å². The Morgan fingerprint density at radius 2 is 1.96 bits per heavy atom. The number of thioether (sulfide) groups is 1. The second-order valence-corrected chi connectivity index (χ2v) is 6.92. The van der Waals surface area contributed by atoms with Crippen molar-refractivity contribution in [2.75, 3.05) is 11.1 Å². The summed E-state index contributed by atoms with van der Waals surface area (Å²) in [6, 6.07) is 10.0. The highest BCUT2D eigenvalue weighted by molar-refractivity contribution is 7.99. The highest BCUT2D eigenvalue weighted by atomic mass is 32.2. The third kappa shape index (κ3) is 4.59. The largest absolute Gasteiger partial charge is 0.326 e. The number of pyridine rings is 1. The minimum absolute atomic E-state index is 0.0302. The number of amides is 1. The lowest BCUT2D eigenvalue weighted by Crippen LogP contribution is -2.13. The van der Waals surface area contributed by atoms with Crippen LogP contribution < -0.4 is 5.32 Å². The van der Waals surface area contributed by atoms with Gasteiger partial charge in [-0.15, -0.1) is 11.8 Å². The van der Waals surface area contributed by atoms with Crippen LogP contribution in [0.5, 0.6) is 0 Å². The summed E-state index contributed by atoms with van der Waals surface area (Å²) in [5.41, 5.74) is 5.48. The van der Waals surface area contributed by atoms with Crippen molar-refractivity contribution >= 4 is 23.4 Å². The molecule has 2 rings (SSSR count). The summed E-state index contributed by atoms with van der Waals surface area (Å²) >= 11 is 1.45. The van der Waals surface area contributed by atoms with Crippen molar-refractivity contribution in [1.29, 1.82) is 5.26 Å². The molecule has 1 aromatic heterocycles. The summed E-state index contributed by atoms with van der Waals surface area (Å²) in [5.74, 6) is 0.554. The van der Waals surface area contributed by atoms with Crippen molar-refractivity contribution in [3.05, 3.63) is 52.2 Å². The molecule has 0 radical (unpaired) electrons. The first-order valence-electron chi connectivity index (χ1n) is 7.79. The molecule has 5 heteroatoms. The highest BCUT2D eigenvalue weighted by Gasteiger charge is 2.11. The number of carbonyl (C=O) groups is 1. The number of anilines is 1. The van der Waals surface area contributed by atoms with Crippen LogP contribution in [0, 0.1) is 39.0 Å². The van der Waals surface area contributed by atoms with Crippen LogP contribution >= 0.6 is 11.8 Å². The molecule has 0 spiro atoms. The lowest BCUT2D eigenvalue weighted by atomic mass is 10.1. The van der Waals surface area contributed by atoms with Gasteiger partial charge in [-0.1, -0.05) is 17.7 Å². The van der Waals surface area contributed by atoms with Crippen LogP contribution in [0.4, 0.5) is 5.69 Å². The molecule has 1 amide bonds. The molecule has 0 atom stereocenters. The molecule has 0 saturated heterocycles. The topological polar surface area (TPSA) is 65.8 Å². The van der Waals surface area contributed by atoms with Crippen LogP contribution in [0.1, 0.15) is 34.4 Å². The Kier molecular flexibility index (Phi) is 5.99. The maximum absolute atomic E-state index is 12.1. The van der Waals surface area contributed by atoms with Gasteiger partial charge in [0.15, 0.2) is 0 Å². The molecule has 0 aliphatic heterocycles. The Bertz CT molecular complexity index is 809. The molecule has 1 aromatic carbocycles. The van der Waals surface area contributed by atoms with Crippen LogP contribution in [0.2, 0.25) is 0 Å². The minimum Gasteiger partial charge on any atom is -0.326 e. The molecule has 0 bridgehead atoms. The quantitative estimate of drug-likeness (QED) is 0.825. The average molecular weight is 339 g/mol. The van der Waals surface area contributed by atoms with Gasteiger partial charge in [0.05, 0.1) is 5.56 Å². The molecule has 1 N–H and O–H groups in total. The van der Waals surface area contributed by atoms with E-state index >= 15 is 0 Å². The zero-order chi connectivity index (χ0) is 17.7. The van der Waals surface area contributed by atoms with E-state index in [2.05, 4.69) is 16.4 Å². The van der Waals surface area contributed by atoms with Crippen LogP contribution in [-0.2, 0) is 4.79 Å². The first-order valence-corrected chi connectivity index (χ1v) is 8.77. The second-order valence-electron chi connectivity index (χ2n) is 5.84. The van der Waals surface area contributed by atoms with Crippen LogP contribution in [-0.4, -0.2) is 16.6 Å². The Balaban J connectivity index is 1.95. The van der Waals surface area contributed by atoms with Gasteiger partial charge in [0, 0.05) is 23.6 Å². The lowest BCUT2D eigenvalue weighted by molar-refractivity contribution is -0.115. The minimum atomic E-state index is -0.0302. The average Bonchev–Trinajstić information content (AvgIpc) is 2.50. The number of aromatic nitrogens is 1. The van der Waals surface area contributed by atoms with Gasteiger partial charge >= 0.3 is 0 Å². The molecule has 0 aliphatic carbocycles. The Hall–Kier alpha value is -2.32. The molecular weight excluding hydrogens is 318 g/mol. The zero-order valence-electron chi connectivity index (χ0n) is 14.4. The maximum Gasteiger partial charge on any atom is 0.225 e. The number of nitriles is 1.